The second-order valence-electron chi connectivity index (χ2n) is 6.04. The minimum Gasteiger partial charge on any atom is -0.350 e. The highest BCUT2D eigenvalue weighted by Crippen LogP contribution is 2.10. The van der Waals surface area contributed by atoms with Gasteiger partial charge in [-0.05, 0) is 11.6 Å². The van der Waals surface area contributed by atoms with Gasteiger partial charge in [-0.15, -0.1) is 0 Å². The van der Waals surface area contributed by atoms with Crippen LogP contribution in [-0.2, 0) is 17.8 Å². The third-order valence-electron chi connectivity index (χ3n) is 4.26. The summed E-state index contributed by atoms with van der Waals surface area (Å²) in [6.07, 6.45) is 7.15. The third kappa shape index (κ3) is 4.20. The first-order chi connectivity index (χ1) is 12.7. The molecule has 2 amide bonds. The zero-order chi connectivity index (χ0) is 18.4. The zero-order valence-electron chi connectivity index (χ0n) is 14.7. The Morgan fingerprint density at radius 3 is 2.81 bits per heavy atom. The van der Waals surface area contributed by atoms with E-state index in [1.807, 2.05) is 19.1 Å². The van der Waals surface area contributed by atoms with Crippen molar-refractivity contribution in [3.63, 3.8) is 0 Å². The summed E-state index contributed by atoms with van der Waals surface area (Å²) in [5.41, 5.74) is 1.31. The maximum atomic E-state index is 12.8. The first-order valence-electron chi connectivity index (χ1n) is 8.68. The Morgan fingerprint density at radius 1 is 1.31 bits per heavy atom. The Balaban J connectivity index is 1.68. The van der Waals surface area contributed by atoms with Crippen LogP contribution in [0.2, 0.25) is 0 Å². The van der Waals surface area contributed by atoms with Crippen molar-refractivity contribution in [1.82, 2.24) is 30.5 Å². The fourth-order valence-electron chi connectivity index (χ4n) is 2.80. The number of carbonyl (C=O) groups is 2. The lowest BCUT2D eigenvalue weighted by atomic mass is 10.1. The molecule has 1 saturated heterocycles. The molecule has 136 valence electrons. The number of nitrogens with one attached hydrogen (secondary N) is 2. The van der Waals surface area contributed by atoms with Crippen molar-refractivity contribution < 1.29 is 9.59 Å². The van der Waals surface area contributed by atoms with Crippen LogP contribution in [0.4, 0.5) is 0 Å². The summed E-state index contributed by atoms with van der Waals surface area (Å²) < 4.78 is 0. The second kappa shape index (κ2) is 8.48. The molecule has 2 N–H and O–H groups in total. The van der Waals surface area contributed by atoms with Crippen molar-refractivity contribution in [2.24, 2.45) is 0 Å². The van der Waals surface area contributed by atoms with E-state index in [0.29, 0.717) is 44.0 Å². The van der Waals surface area contributed by atoms with Crippen LogP contribution in [0.5, 0.6) is 0 Å². The van der Waals surface area contributed by atoms with Crippen LogP contribution in [-0.4, -0.2) is 57.3 Å². The summed E-state index contributed by atoms with van der Waals surface area (Å²) in [5.74, 6) is 0.267. The van der Waals surface area contributed by atoms with Gasteiger partial charge in [0.25, 0.3) is 5.91 Å². The monoisotopic (exact) mass is 354 g/mol. The fraction of sp³-hybridized carbons (Fsp3) is 0.389. The predicted octanol–water partition coefficient (Wildman–Crippen LogP) is 0.164. The largest absolute Gasteiger partial charge is 0.350 e. The quantitative estimate of drug-likeness (QED) is 0.794. The summed E-state index contributed by atoms with van der Waals surface area (Å²) in [6, 6.07) is 3.14. The number of pyridine rings is 1. The molecule has 8 heteroatoms. The van der Waals surface area contributed by atoms with E-state index in [0.717, 1.165) is 5.56 Å². The van der Waals surface area contributed by atoms with Crippen molar-refractivity contribution in [1.29, 1.82) is 0 Å². The normalized spacial score (nSPS) is 17.0. The van der Waals surface area contributed by atoms with Crippen molar-refractivity contribution in [2.45, 2.75) is 25.9 Å². The van der Waals surface area contributed by atoms with Crippen molar-refractivity contribution in [3.8, 4) is 0 Å². The van der Waals surface area contributed by atoms with E-state index in [1.54, 1.807) is 17.3 Å². The molecule has 0 radical (unpaired) electrons. The highest BCUT2D eigenvalue weighted by atomic mass is 16.2. The molecule has 0 unspecified atom stereocenters. The Labute approximate surface area is 152 Å². The molecule has 0 spiro atoms. The van der Waals surface area contributed by atoms with Crippen LogP contribution in [0, 0.1) is 0 Å². The molecule has 1 fully saturated rings. The molecule has 1 aliphatic heterocycles. The van der Waals surface area contributed by atoms with Gasteiger partial charge in [-0.3, -0.25) is 14.6 Å². The maximum Gasteiger partial charge on any atom is 0.257 e. The Morgan fingerprint density at radius 2 is 2.12 bits per heavy atom. The number of nitrogens with zero attached hydrogens (tertiary/aromatic N) is 4. The molecule has 2 aromatic rings. The van der Waals surface area contributed by atoms with Gasteiger partial charge in [0.05, 0.1) is 5.56 Å². The first-order valence-corrected chi connectivity index (χ1v) is 8.68. The average molecular weight is 354 g/mol. The number of hydrogen-bond donors (Lipinski definition) is 2. The number of aryl methyl sites for hydroxylation is 1. The van der Waals surface area contributed by atoms with Crippen LogP contribution in [0.15, 0.2) is 36.9 Å². The Bertz CT molecular complexity index is 750. The van der Waals surface area contributed by atoms with Gasteiger partial charge < -0.3 is 15.5 Å². The molecule has 3 heterocycles. The van der Waals surface area contributed by atoms with E-state index in [2.05, 4.69) is 25.6 Å². The van der Waals surface area contributed by atoms with E-state index in [4.69, 9.17) is 0 Å². The van der Waals surface area contributed by atoms with E-state index in [9.17, 15) is 9.59 Å². The van der Waals surface area contributed by atoms with Gasteiger partial charge in [0.2, 0.25) is 5.91 Å². The lowest BCUT2D eigenvalue weighted by Crippen LogP contribution is -2.59. The highest BCUT2D eigenvalue weighted by molar-refractivity contribution is 5.97. The van der Waals surface area contributed by atoms with E-state index in [-0.39, 0.29) is 11.8 Å². The van der Waals surface area contributed by atoms with Crippen LogP contribution >= 0.6 is 0 Å². The van der Waals surface area contributed by atoms with Gasteiger partial charge in [0.1, 0.15) is 11.9 Å². The molecule has 8 nitrogen and oxygen atoms in total. The van der Waals surface area contributed by atoms with Crippen LogP contribution in [0.1, 0.15) is 28.7 Å². The summed E-state index contributed by atoms with van der Waals surface area (Å²) in [6.45, 7) is 3.85. The number of rotatable bonds is 5. The fourth-order valence-corrected chi connectivity index (χ4v) is 2.80. The number of aromatic nitrogens is 3. The zero-order valence-corrected chi connectivity index (χ0v) is 14.7. The lowest BCUT2D eigenvalue weighted by Gasteiger charge is -2.35. The number of piperazine rings is 1. The van der Waals surface area contributed by atoms with Crippen LogP contribution in [0.3, 0.4) is 0 Å². The van der Waals surface area contributed by atoms with E-state index >= 15 is 0 Å². The molecule has 26 heavy (non-hydrogen) atoms. The minimum atomic E-state index is -0.571. The van der Waals surface area contributed by atoms with Gasteiger partial charge in [0, 0.05) is 57.4 Å². The second-order valence-corrected chi connectivity index (χ2v) is 6.04. The molecule has 0 saturated carbocycles. The standard InChI is InChI=1S/C18H22N6O2/c1-2-16-21-10-14(11-22-16)18(26)24-7-6-20-12-15(24)17(25)23-9-13-4-3-5-19-8-13/h3-5,8,10-11,15,20H,2,6-7,9,12H2,1H3,(H,23,25)/t15-/m0/s1. The molecule has 0 aromatic carbocycles. The van der Waals surface area contributed by atoms with Gasteiger partial charge in [-0.2, -0.15) is 0 Å². The van der Waals surface area contributed by atoms with E-state index < -0.39 is 6.04 Å². The molecule has 0 bridgehead atoms. The molecular weight excluding hydrogens is 332 g/mol. The molecule has 0 aliphatic carbocycles. The predicted molar refractivity (Wildman–Crippen MR) is 95.2 cm³/mol. The summed E-state index contributed by atoms with van der Waals surface area (Å²) in [5, 5.41) is 6.05. The number of amides is 2. The first kappa shape index (κ1) is 17.9. The average Bonchev–Trinajstić information content (AvgIpc) is 2.72. The molecule has 3 rings (SSSR count). The van der Waals surface area contributed by atoms with Crippen molar-refractivity contribution in [2.75, 3.05) is 19.6 Å². The topological polar surface area (TPSA) is 100 Å². The summed E-state index contributed by atoms with van der Waals surface area (Å²) >= 11 is 0. The van der Waals surface area contributed by atoms with Crippen LogP contribution < -0.4 is 10.6 Å². The Kier molecular flexibility index (Phi) is 5.85. The lowest BCUT2D eigenvalue weighted by molar-refractivity contribution is -0.126. The number of hydrogen-bond acceptors (Lipinski definition) is 6. The van der Waals surface area contributed by atoms with Crippen molar-refractivity contribution >= 4 is 11.8 Å². The summed E-state index contributed by atoms with van der Waals surface area (Å²) in [7, 11) is 0. The van der Waals surface area contributed by atoms with Gasteiger partial charge in [0.15, 0.2) is 0 Å². The van der Waals surface area contributed by atoms with Gasteiger partial charge in [-0.1, -0.05) is 13.0 Å². The molecule has 1 atom stereocenters. The van der Waals surface area contributed by atoms with Crippen molar-refractivity contribution in [3.05, 3.63) is 53.9 Å². The SMILES string of the molecule is CCc1ncc(C(=O)N2CCNC[C@H]2C(=O)NCc2cccnc2)cn1. The van der Waals surface area contributed by atoms with E-state index in [1.165, 1.54) is 12.4 Å². The molecular formula is C18H22N6O2. The molecule has 2 aromatic heterocycles. The smallest absolute Gasteiger partial charge is 0.257 e. The van der Waals surface area contributed by atoms with Gasteiger partial charge >= 0.3 is 0 Å². The Hall–Kier alpha value is -2.87. The van der Waals surface area contributed by atoms with Crippen LogP contribution in [0.25, 0.3) is 0 Å². The molecule has 1 aliphatic rings. The highest BCUT2D eigenvalue weighted by Gasteiger charge is 2.32. The van der Waals surface area contributed by atoms with Gasteiger partial charge in [-0.25, -0.2) is 9.97 Å². The summed E-state index contributed by atoms with van der Waals surface area (Å²) in [4.78, 5) is 39.4. The minimum absolute atomic E-state index is 0.194. The number of carbonyl (C=O) groups excluding carboxylic acids is 2. The third-order valence-corrected chi connectivity index (χ3v) is 4.26. The maximum absolute atomic E-state index is 12.8.